The van der Waals surface area contributed by atoms with Gasteiger partial charge >= 0.3 is 11.7 Å². The van der Waals surface area contributed by atoms with Crippen LogP contribution in [0, 0.1) is 5.82 Å². The van der Waals surface area contributed by atoms with Gasteiger partial charge in [-0.25, -0.2) is 9.59 Å². The molecule has 1 aromatic rings. The fourth-order valence-electron chi connectivity index (χ4n) is 0.673. The van der Waals surface area contributed by atoms with Crippen LogP contribution in [0.4, 0.5) is 4.39 Å². The van der Waals surface area contributed by atoms with E-state index in [4.69, 9.17) is 5.11 Å². The first-order valence-electron chi connectivity index (χ1n) is 3.83. The monoisotopic (exact) mass is 218 g/mol. The van der Waals surface area contributed by atoms with Crippen LogP contribution in [-0.2, 0) is 4.79 Å². The van der Waals surface area contributed by atoms with Gasteiger partial charge < -0.3 is 9.94 Å². The molecule has 1 unspecified atom stereocenters. The van der Waals surface area contributed by atoms with Gasteiger partial charge in [0.1, 0.15) is 0 Å². The van der Waals surface area contributed by atoms with E-state index in [2.05, 4.69) is 4.84 Å². The predicted octanol–water partition coefficient (Wildman–Crippen LogP) is -1.99. The van der Waals surface area contributed by atoms with Crippen LogP contribution in [0.2, 0.25) is 0 Å². The molecule has 0 aliphatic heterocycles. The molecule has 0 amide bonds. The average Bonchev–Trinajstić information content (AvgIpc) is 2.13. The van der Waals surface area contributed by atoms with Crippen molar-refractivity contribution in [1.29, 1.82) is 0 Å². The molecule has 1 atom stereocenters. The van der Waals surface area contributed by atoms with Crippen molar-refractivity contribution in [2.75, 3.05) is 0 Å². The van der Waals surface area contributed by atoms with E-state index < -0.39 is 29.1 Å². The van der Waals surface area contributed by atoms with Gasteiger partial charge in [0.15, 0.2) is 6.10 Å². The summed E-state index contributed by atoms with van der Waals surface area (Å²) in [6.07, 6.45) is -1.06. The Morgan fingerprint density at radius 3 is 2.80 bits per heavy atom. The van der Waals surface area contributed by atoms with E-state index in [1.807, 2.05) is 0 Å². The van der Waals surface area contributed by atoms with Crippen LogP contribution in [0.5, 0.6) is 0 Å². The number of aliphatic hydroxyl groups is 1. The van der Waals surface area contributed by atoms with Crippen molar-refractivity contribution in [1.82, 2.24) is 9.71 Å². The standard InChI is InChI=1S/C7H7FN2O5/c1-3(11)6(13)15-10-2-4(8)5(12)9-7(10)14/h2-3,11H,1H3,(H,9,12,14). The number of rotatable bonds is 2. The van der Waals surface area contributed by atoms with E-state index >= 15 is 0 Å². The number of aromatic amines is 1. The SMILES string of the molecule is CC(O)C(=O)On1cc(F)c(=O)[nH]c1=O. The van der Waals surface area contributed by atoms with Gasteiger partial charge in [0.25, 0.3) is 5.56 Å². The highest BCUT2D eigenvalue weighted by atomic mass is 19.1. The summed E-state index contributed by atoms with van der Waals surface area (Å²) in [5.74, 6) is -2.43. The molecule has 1 aromatic heterocycles. The first-order chi connectivity index (χ1) is 6.91. The zero-order chi connectivity index (χ0) is 11.6. The van der Waals surface area contributed by atoms with Crippen LogP contribution >= 0.6 is 0 Å². The third-order valence-corrected chi connectivity index (χ3v) is 1.40. The van der Waals surface area contributed by atoms with Gasteiger partial charge in [0.05, 0.1) is 6.20 Å². The summed E-state index contributed by atoms with van der Waals surface area (Å²) in [4.78, 5) is 38.1. The fraction of sp³-hybridized carbons (Fsp3) is 0.286. The Morgan fingerprint density at radius 2 is 2.27 bits per heavy atom. The Hall–Kier alpha value is -1.96. The minimum atomic E-state index is -1.47. The molecule has 0 spiro atoms. The summed E-state index contributed by atoms with van der Waals surface area (Å²) in [5, 5.41) is 8.74. The van der Waals surface area contributed by atoms with Crippen LogP contribution < -0.4 is 16.1 Å². The van der Waals surface area contributed by atoms with Crippen LogP contribution in [0.25, 0.3) is 0 Å². The highest BCUT2D eigenvalue weighted by Gasteiger charge is 2.13. The van der Waals surface area contributed by atoms with Crippen molar-refractivity contribution < 1.29 is 19.1 Å². The summed E-state index contributed by atoms with van der Waals surface area (Å²) in [6.45, 7) is 1.11. The van der Waals surface area contributed by atoms with Gasteiger partial charge in [-0.3, -0.25) is 9.78 Å². The van der Waals surface area contributed by atoms with Crippen molar-refractivity contribution in [3.63, 3.8) is 0 Å². The Kier molecular flexibility index (Phi) is 3.00. The largest absolute Gasteiger partial charge is 0.382 e. The number of nitrogens with one attached hydrogen (secondary N) is 1. The van der Waals surface area contributed by atoms with Crippen molar-refractivity contribution in [2.24, 2.45) is 0 Å². The van der Waals surface area contributed by atoms with E-state index in [0.717, 1.165) is 6.92 Å². The molecule has 0 fully saturated rings. The first kappa shape index (κ1) is 11.1. The Labute approximate surface area is 81.7 Å². The molecule has 2 N–H and O–H groups in total. The van der Waals surface area contributed by atoms with Gasteiger partial charge in [0.2, 0.25) is 5.82 Å². The molecule has 8 heteroatoms. The highest BCUT2D eigenvalue weighted by Crippen LogP contribution is 1.85. The maximum atomic E-state index is 12.7. The molecule has 1 heterocycles. The zero-order valence-corrected chi connectivity index (χ0v) is 7.56. The summed E-state index contributed by atoms with van der Waals surface area (Å²) in [5.41, 5.74) is -2.33. The zero-order valence-electron chi connectivity index (χ0n) is 7.56. The molecular formula is C7H7FN2O5. The highest BCUT2D eigenvalue weighted by molar-refractivity contribution is 5.73. The van der Waals surface area contributed by atoms with Gasteiger partial charge in [0, 0.05) is 0 Å². The third kappa shape index (κ3) is 2.50. The lowest BCUT2D eigenvalue weighted by molar-refractivity contribution is -0.153. The molecule has 0 aliphatic carbocycles. The van der Waals surface area contributed by atoms with Gasteiger partial charge in [-0.2, -0.15) is 4.39 Å². The Balaban J connectivity index is 3.07. The number of aliphatic hydroxyl groups excluding tert-OH is 1. The second kappa shape index (κ2) is 4.05. The summed E-state index contributed by atoms with van der Waals surface area (Å²) in [6, 6.07) is 0. The molecule has 0 aliphatic rings. The molecular weight excluding hydrogens is 211 g/mol. The predicted molar refractivity (Wildman–Crippen MR) is 44.5 cm³/mol. The summed E-state index contributed by atoms with van der Waals surface area (Å²) >= 11 is 0. The number of carbonyl (C=O) groups is 1. The molecule has 0 radical (unpaired) electrons. The number of hydrogen-bond acceptors (Lipinski definition) is 5. The number of halogens is 1. The number of hydrogen-bond donors (Lipinski definition) is 2. The lowest BCUT2D eigenvalue weighted by Gasteiger charge is -2.06. The van der Waals surface area contributed by atoms with Crippen molar-refractivity contribution in [3.05, 3.63) is 32.9 Å². The number of H-pyrrole nitrogens is 1. The van der Waals surface area contributed by atoms with Gasteiger partial charge in [-0.05, 0) is 6.92 Å². The molecule has 0 saturated heterocycles. The second-order valence-corrected chi connectivity index (χ2v) is 2.65. The molecule has 0 aromatic carbocycles. The maximum absolute atomic E-state index is 12.7. The molecule has 0 saturated carbocycles. The maximum Gasteiger partial charge on any atom is 0.362 e. The minimum Gasteiger partial charge on any atom is -0.382 e. The quantitative estimate of drug-likeness (QED) is 0.598. The van der Waals surface area contributed by atoms with E-state index in [-0.39, 0.29) is 4.73 Å². The average molecular weight is 218 g/mol. The number of nitrogens with zero attached hydrogens (tertiary/aromatic N) is 1. The molecule has 15 heavy (non-hydrogen) atoms. The third-order valence-electron chi connectivity index (χ3n) is 1.40. The van der Waals surface area contributed by atoms with E-state index in [1.165, 1.54) is 0 Å². The minimum absolute atomic E-state index is 0.186. The second-order valence-electron chi connectivity index (χ2n) is 2.65. The molecule has 82 valence electrons. The molecule has 0 bridgehead atoms. The van der Waals surface area contributed by atoms with E-state index in [1.54, 1.807) is 4.98 Å². The topological polar surface area (TPSA) is 101 Å². The number of carbonyl (C=O) groups excluding carboxylic acids is 1. The van der Waals surface area contributed by atoms with Crippen LogP contribution in [0.15, 0.2) is 15.8 Å². The Morgan fingerprint density at radius 1 is 1.67 bits per heavy atom. The lowest BCUT2D eigenvalue weighted by Crippen LogP contribution is -2.39. The molecule has 1 rings (SSSR count). The van der Waals surface area contributed by atoms with Crippen molar-refractivity contribution >= 4 is 5.97 Å². The van der Waals surface area contributed by atoms with Crippen molar-refractivity contribution in [3.8, 4) is 0 Å². The van der Waals surface area contributed by atoms with Gasteiger partial charge in [-0.15, -0.1) is 4.73 Å². The Bertz CT molecular complexity index is 489. The summed E-state index contributed by atoms with van der Waals surface area (Å²) < 4.78 is 12.8. The number of aromatic nitrogens is 2. The molecule has 7 nitrogen and oxygen atoms in total. The van der Waals surface area contributed by atoms with Crippen LogP contribution in [0.1, 0.15) is 6.92 Å². The van der Waals surface area contributed by atoms with Crippen LogP contribution in [0.3, 0.4) is 0 Å². The van der Waals surface area contributed by atoms with Crippen molar-refractivity contribution in [2.45, 2.75) is 13.0 Å². The first-order valence-corrected chi connectivity index (χ1v) is 3.83. The van der Waals surface area contributed by atoms with Gasteiger partial charge in [-0.1, -0.05) is 0 Å². The summed E-state index contributed by atoms with van der Waals surface area (Å²) in [7, 11) is 0. The fourth-order valence-corrected chi connectivity index (χ4v) is 0.673. The van der Waals surface area contributed by atoms with E-state index in [0.29, 0.717) is 6.20 Å². The van der Waals surface area contributed by atoms with Crippen LogP contribution in [-0.4, -0.2) is 26.9 Å². The lowest BCUT2D eigenvalue weighted by atomic mass is 10.4. The smallest absolute Gasteiger partial charge is 0.362 e. The van der Waals surface area contributed by atoms with E-state index in [9.17, 15) is 18.8 Å². The normalized spacial score (nSPS) is 12.2.